The summed E-state index contributed by atoms with van der Waals surface area (Å²) in [6.45, 7) is 6.70. The number of aromatic nitrogens is 1. The fraction of sp³-hybridized carbons (Fsp3) is 0.222. The normalized spacial score (nSPS) is 12.0. The van der Waals surface area contributed by atoms with Crippen molar-refractivity contribution < 1.29 is 0 Å². The van der Waals surface area contributed by atoms with Gasteiger partial charge in [-0.2, -0.15) is 0 Å². The summed E-state index contributed by atoms with van der Waals surface area (Å²) in [5, 5.41) is 2.00. The van der Waals surface area contributed by atoms with Crippen LogP contribution in [0, 0.1) is 0 Å². The molecule has 0 saturated heterocycles. The molecule has 0 unspecified atom stereocenters. The van der Waals surface area contributed by atoms with Gasteiger partial charge in [0.2, 0.25) is 0 Å². The van der Waals surface area contributed by atoms with Crippen molar-refractivity contribution in [3.05, 3.63) is 59.1 Å². The number of hydrogen-bond acceptors (Lipinski definition) is 0. The molecular formula is C18H18ClN. The van der Waals surface area contributed by atoms with Gasteiger partial charge < -0.3 is 4.98 Å². The minimum atomic E-state index is 0.163. The lowest BCUT2D eigenvalue weighted by Crippen LogP contribution is -2.10. The highest BCUT2D eigenvalue weighted by atomic mass is 35.5. The van der Waals surface area contributed by atoms with Crippen LogP contribution in [0.5, 0.6) is 0 Å². The second kappa shape index (κ2) is 4.68. The molecule has 2 heteroatoms. The molecule has 102 valence electrons. The average Bonchev–Trinajstić information content (AvgIpc) is 2.80. The van der Waals surface area contributed by atoms with E-state index in [1.165, 1.54) is 10.9 Å². The molecule has 0 saturated carbocycles. The summed E-state index contributed by atoms with van der Waals surface area (Å²) in [4.78, 5) is 3.45. The first-order valence-electron chi connectivity index (χ1n) is 6.83. The van der Waals surface area contributed by atoms with Crippen LogP contribution in [0.25, 0.3) is 22.2 Å². The standard InChI is InChI=1S/C18H18ClN/c1-18(2,3)13-8-9-16-12(10-13)11-17(20-16)14-6-4-5-7-15(14)19/h4-11,20H,1-3H3. The second-order valence-corrected chi connectivity index (χ2v) is 6.62. The van der Waals surface area contributed by atoms with Crippen LogP contribution in [0.4, 0.5) is 0 Å². The third-order valence-corrected chi connectivity index (χ3v) is 3.98. The summed E-state index contributed by atoms with van der Waals surface area (Å²) in [5.41, 5.74) is 4.76. The predicted octanol–water partition coefficient (Wildman–Crippen LogP) is 5.79. The Morgan fingerprint density at radius 1 is 0.950 bits per heavy atom. The predicted molar refractivity (Wildman–Crippen MR) is 87.4 cm³/mol. The number of H-pyrrole nitrogens is 1. The van der Waals surface area contributed by atoms with Gasteiger partial charge in [0.05, 0.1) is 0 Å². The van der Waals surface area contributed by atoms with Gasteiger partial charge in [-0.15, -0.1) is 0 Å². The molecule has 0 bridgehead atoms. The number of benzene rings is 2. The van der Waals surface area contributed by atoms with Gasteiger partial charge in [0.1, 0.15) is 0 Å². The quantitative estimate of drug-likeness (QED) is 0.582. The zero-order valence-electron chi connectivity index (χ0n) is 12.0. The van der Waals surface area contributed by atoms with E-state index in [1.807, 2.05) is 24.3 Å². The Balaban J connectivity index is 2.14. The van der Waals surface area contributed by atoms with Crippen molar-refractivity contribution in [2.75, 3.05) is 0 Å². The topological polar surface area (TPSA) is 15.8 Å². The highest BCUT2D eigenvalue weighted by Crippen LogP contribution is 2.32. The van der Waals surface area contributed by atoms with Crippen LogP contribution in [0.1, 0.15) is 26.3 Å². The summed E-state index contributed by atoms with van der Waals surface area (Å²) in [6.07, 6.45) is 0. The second-order valence-electron chi connectivity index (χ2n) is 6.21. The van der Waals surface area contributed by atoms with E-state index in [0.29, 0.717) is 0 Å². The third-order valence-electron chi connectivity index (χ3n) is 3.65. The van der Waals surface area contributed by atoms with Crippen molar-refractivity contribution >= 4 is 22.5 Å². The van der Waals surface area contributed by atoms with E-state index in [4.69, 9.17) is 11.6 Å². The van der Waals surface area contributed by atoms with Crippen LogP contribution in [0.2, 0.25) is 5.02 Å². The fourth-order valence-corrected chi connectivity index (χ4v) is 2.66. The van der Waals surface area contributed by atoms with Crippen molar-refractivity contribution in [3.63, 3.8) is 0 Å². The Kier molecular flexibility index (Phi) is 3.10. The SMILES string of the molecule is CC(C)(C)c1ccc2[nH]c(-c3ccccc3Cl)cc2c1. The molecule has 1 heterocycles. The Bertz CT molecular complexity index is 762. The third kappa shape index (κ3) is 2.34. The lowest BCUT2D eigenvalue weighted by molar-refractivity contribution is 0.591. The Morgan fingerprint density at radius 2 is 1.70 bits per heavy atom. The van der Waals surface area contributed by atoms with Gasteiger partial charge in [0, 0.05) is 27.2 Å². The van der Waals surface area contributed by atoms with Crippen molar-refractivity contribution in [1.82, 2.24) is 4.98 Å². The molecule has 0 amide bonds. The maximum atomic E-state index is 6.27. The zero-order valence-corrected chi connectivity index (χ0v) is 12.8. The first-order valence-corrected chi connectivity index (χ1v) is 7.21. The molecule has 1 nitrogen and oxygen atoms in total. The molecule has 0 aliphatic carbocycles. The zero-order chi connectivity index (χ0) is 14.3. The molecule has 1 N–H and O–H groups in total. The van der Waals surface area contributed by atoms with Gasteiger partial charge in [-0.25, -0.2) is 0 Å². The van der Waals surface area contributed by atoms with Crippen molar-refractivity contribution in [2.45, 2.75) is 26.2 Å². The molecule has 3 aromatic rings. The van der Waals surface area contributed by atoms with Gasteiger partial charge in [-0.1, -0.05) is 56.6 Å². The minimum absolute atomic E-state index is 0.163. The van der Waals surface area contributed by atoms with Crippen molar-refractivity contribution in [2.24, 2.45) is 0 Å². The summed E-state index contributed by atoms with van der Waals surface area (Å²) in [5.74, 6) is 0. The lowest BCUT2D eigenvalue weighted by atomic mass is 9.86. The number of nitrogens with one attached hydrogen (secondary N) is 1. The van der Waals surface area contributed by atoms with Gasteiger partial charge in [-0.3, -0.25) is 0 Å². The van der Waals surface area contributed by atoms with E-state index in [1.54, 1.807) is 0 Å². The molecule has 20 heavy (non-hydrogen) atoms. The molecule has 0 aliphatic heterocycles. The number of rotatable bonds is 1. The van der Waals surface area contributed by atoms with Crippen LogP contribution in [-0.4, -0.2) is 4.98 Å². The van der Waals surface area contributed by atoms with Crippen LogP contribution < -0.4 is 0 Å². The Morgan fingerprint density at radius 3 is 2.40 bits per heavy atom. The number of hydrogen-bond donors (Lipinski definition) is 1. The van der Waals surface area contributed by atoms with Crippen LogP contribution in [-0.2, 0) is 5.41 Å². The monoisotopic (exact) mass is 283 g/mol. The van der Waals surface area contributed by atoms with Crippen LogP contribution >= 0.6 is 11.6 Å². The molecule has 0 radical (unpaired) electrons. The summed E-state index contributed by atoms with van der Waals surface area (Å²) in [6, 6.07) is 16.7. The highest BCUT2D eigenvalue weighted by molar-refractivity contribution is 6.33. The largest absolute Gasteiger partial charge is 0.354 e. The first kappa shape index (κ1) is 13.3. The molecule has 1 aromatic heterocycles. The van der Waals surface area contributed by atoms with Gasteiger partial charge in [-0.05, 0) is 35.2 Å². The summed E-state index contributed by atoms with van der Waals surface area (Å²) < 4.78 is 0. The average molecular weight is 284 g/mol. The van der Waals surface area contributed by atoms with Crippen LogP contribution in [0.15, 0.2) is 48.5 Å². The molecule has 0 aliphatic rings. The molecule has 2 aromatic carbocycles. The van der Waals surface area contributed by atoms with E-state index in [2.05, 4.69) is 50.0 Å². The highest BCUT2D eigenvalue weighted by Gasteiger charge is 2.14. The first-order chi connectivity index (χ1) is 9.45. The Labute approximate surface area is 124 Å². The number of halogens is 1. The van der Waals surface area contributed by atoms with Gasteiger partial charge >= 0.3 is 0 Å². The minimum Gasteiger partial charge on any atom is -0.354 e. The van der Waals surface area contributed by atoms with E-state index in [9.17, 15) is 0 Å². The summed E-state index contributed by atoms with van der Waals surface area (Å²) in [7, 11) is 0. The van der Waals surface area contributed by atoms with E-state index >= 15 is 0 Å². The summed E-state index contributed by atoms with van der Waals surface area (Å²) >= 11 is 6.27. The lowest BCUT2D eigenvalue weighted by Gasteiger charge is -2.18. The fourth-order valence-electron chi connectivity index (χ4n) is 2.42. The van der Waals surface area contributed by atoms with Gasteiger partial charge in [0.15, 0.2) is 0 Å². The molecule has 0 spiro atoms. The Hall–Kier alpha value is -1.73. The van der Waals surface area contributed by atoms with E-state index < -0.39 is 0 Å². The number of aromatic amines is 1. The van der Waals surface area contributed by atoms with Crippen molar-refractivity contribution in [3.8, 4) is 11.3 Å². The van der Waals surface area contributed by atoms with Crippen LogP contribution in [0.3, 0.4) is 0 Å². The smallest absolute Gasteiger partial charge is 0.0499 e. The van der Waals surface area contributed by atoms with E-state index in [0.717, 1.165) is 21.8 Å². The molecule has 0 atom stereocenters. The molecule has 0 fully saturated rings. The number of fused-ring (bicyclic) bond motifs is 1. The van der Waals surface area contributed by atoms with Crippen molar-refractivity contribution in [1.29, 1.82) is 0 Å². The maximum Gasteiger partial charge on any atom is 0.0499 e. The van der Waals surface area contributed by atoms with Gasteiger partial charge in [0.25, 0.3) is 0 Å². The van der Waals surface area contributed by atoms with E-state index in [-0.39, 0.29) is 5.41 Å². The molecule has 3 rings (SSSR count). The maximum absolute atomic E-state index is 6.27. The molecular weight excluding hydrogens is 266 g/mol.